The lowest BCUT2D eigenvalue weighted by molar-refractivity contribution is -0.143. The van der Waals surface area contributed by atoms with Crippen LogP contribution in [0.1, 0.15) is 66.7 Å². The van der Waals surface area contributed by atoms with Crippen LogP contribution in [0.3, 0.4) is 0 Å². The highest BCUT2D eigenvalue weighted by Crippen LogP contribution is 2.43. The molecule has 0 bridgehead atoms. The van der Waals surface area contributed by atoms with Crippen molar-refractivity contribution in [1.29, 1.82) is 0 Å². The molecule has 8 atom stereocenters. The largest absolute Gasteiger partial charge is 0.459 e. The fraction of sp³-hybridized carbons (Fsp3) is 0.679. The monoisotopic (exact) mass is 518 g/mol. The third kappa shape index (κ3) is 9.39. The molecule has 3 saturated heterocycles. The first kappa shape index (κ1) is 29.1. The second-order valence-electron chi connectivity index (χ2n) is 10.8. The summed E-state index contributed by atoms with van der Waals surface area (Å²) < 4.78 is 23.0. The Morgan fingerprint density at radius 1 is 1.16 bits per heavy atom. The zero-order valence-electron chi connectivity index (χ0n) is 22.6. The van der Waals surface area contributed by atoms with Gasteiger partial charge in [-0.1, -0.05) is 30.7 Å². The van der Waals surface area contributed by atoms with Crippen LogP contribution >= 0.6 is 0 Å². The van der Waals surface area contributed by atoms with Gasteiger partial charge < -0.3 is 30.0 Å². The van der Waals surface area contributed by atoms with E-state index in [4.69, 9.17) is 24.7 Å². The number of rotatable bonds is 10. The predicted molar refractivity (Wildman–Crippen MR) is 138 cm³/mol. The standard InChI is InChI=1S/C28H42N2O7/c1-17(6-9-22-14-28(16-34-28)15-23(37-22)13-26(29)32)7-10-25-18(2)12-24(20(4)36-25)30-27(33)11-8-19(3)35-21(5)31/h6-9,11,18-20,22-25H,10,12-16H2,1-5H3,(H2,29,32)(H,30,33)/t18-,19-,20+,22+,23+,24+,25-,28-/m0/s1. The number of carbonyl (C=O) groups is 3. The molecule has 1 spiro atoms. The van der Waals surface area contributed by atoms with Crippen LogP contribution in [0.5, 0.6) is 0 Å². The minimum Gasteiger partial charge on any atom is -0.459 e. The molecule has 0 aromatic carbocycles. The van der Waals surface area contributed by atoms with E-state index in [1.807, 2.05) is 19.9 Å². The Bertz CT molecular complexity index is 923. The molecule has 3 N–H and O–H groups in total. The summed E-state index contributed by atoms with van der Waals surface area (Å²) in [5.41, 5.74) is 6.32. The molecule has 3 rings (SSSR count). The summed E-state index contributed by atoms with van der Waals surface area (Å²) in [5, 5.41) is 3.01. The first-order valence-electron chi connectivity index (χ1n) is 13.2. The highest BCUT2D eigenvalue weighted by atomic mass is 16.6. The van der Waals surface area contributed by atoms with Gasteiger partial charge in [0.1, 0.15) is 6.10 Å². The normalized spacial score (nSPS) is 35.0. The van der Waals surface area contributed by atoms with E-state index in [1.54, 1.807) is 13.0 Å². The van der Waals surface area contributed by atoms with Crippen molar-refractivity contribution in [2.24, 2.45) is 11.7 Å². The minimum absolute atomic E-state index is 0.0556. The minimum atomic E-state index is -0.458. The van der Waals surface area contributed by atoms with Gasteiger partial charge in [0.25, 0.3) is 0 Å². The van der Waals surface area contributed by atoms with E-state index in [1.165, 1.54) is 13.0 Å². The number of nitrogens with one attached hydrogen (secondary N) is 1. The third-order valence-corrected chi connectivity index (χ3v) is 7.18. The highest BCUT2D eigenvalue weighted by molar-refractivity contribution is 5.87. The Morgan fingerprint density at radius 3 is 2.54 bits per heavy atom. The van der Waals surface area contributed by atoms with Gasteiger partial charge in [-0.3, -0.25) is 14.4 Å². The molecule has 9 nitrogen and oxygen atoms in total. The summed E-state index contributed by atoms with van der Waals surface area (Å²) in [6.45, 7) is 9.91. The highest BCUT2D eigenvalue weighted by Gasteiger charge is 2.51. The van der Waals surface area contributed by atoms with Gasteiger partial charge in [0.05, 0.1) is 49.1 Å². The lowest BCUT2D eigenvalue weighted by Gasteiger charge is -2.39. The lowest BCUT2D eigenvalue weighted by atomic mass is 9.88. The number of allylic oxidation sites excluding steroid dienone is 2. The summed E-state index contributed by atoms with van der Waals surface area (Å²) in [4.78, 5) is 34.7. The lowest BCUT2D eigenvalue weighted by Crippen LogP contribution is -2.50. The molecule has 206 valence electrons. The van der Waals surface area contributed by atoms with Gasteiger partial charge in [-0.25, -0.2) is 0 Å². The maximum atomic E-state index is 12.3. The Morgan fingerprint density at radius 2 is 1.89 bits per heavy atom. The van der Waals surface area contributed by atoms with Gasteiger partial charge in [-0.2, -0.15) is 0 Å². The molecule has 2 amide bonds. The average Bonchev–Trinajstić information content (AvgIpc) is 3.54. The Kier molecular flexibility index (Phi) is 10.1. The number of hydrogen-bond donors (Lipinski definition) is 2. The van der Waals surface area contributed by atoms with Crippen molar-refractivity contribution < 1.29 is 33.3 Å². The third-order valence-electron chi connectivity index (χ3n) is 7.18. The SMILES string of the molecule is CC(=O)O[C@@H](C)C=CC(=O)N[C@@H]1C[C@H](C)[C@H](CC=C(C)C=C[C@@H]2C[C@@]3(CO3)C[C@@H](CC(N)=O)O2)O[C@@H]1C. The van der Waals surface area contributed by atoms with E-state index in [0.29, 0.717) is 6.61 Å². The van der Waals surface area contributed by atoms with Gasteiger partial charge in [-0.05, 0) is 45.6 Å². The van der Waals surface area contributed by atoms with Crippen molar-refractivity contribution in [3.05, 3.63) is 36.0 Å². The maximum absolute atomic E-state index is 12.3. The molecule has 0 saturated carbocycles. The summed E-state index contributed by atoms with van der Waals surface area (Å²) in [6, 6.07) is -0.0915. The number of nitrogens with two attached hydrogens (primary N) is 1. The van der Waals surface area contributed by atoms with Gasteiger partial charge in [-0.15, -0.1) is 0 Å². The van der Waals surface area contributed by atoms with Crippen molar-refractivity contribution >= 4 is 17.8 Å². The molecule has 37 heavy (non-hydrogen) atoms. The molecule has 9 heteroatoms. The van der Waals surface area contributed by atoms with Gasteiger partial charge >= 0.3 is 5.97 Å². The van der Waals surface area contributed by atoms with Crippen molar-refractivity contribution in [3.63, 3.8) is 0 Å². The summed E-state index contributed by atoms with van der Waals surface area (Å²) in [6.07, 6.45) is 11.7. The fourth-order valence-corrected chi connectivity index (χ4v) is 5.10. The van der Waals surface area contributed by atoms with Crippen LogP contribution in [-0.2, 0) is 33.3 Å². The van der Waals surface area contributed by atoms with Crippen LogP contribution in [0.4, 0.5) is 0 Å². The van der Waals surface area contributed by atoms with Crippen molar-refractivity contribution in [3.8, 4) is 0 Å². The molecule has 0 radical (unpaired) electrons. The molecule has 3 fully saturated rings. The number of amides is 2. The fourth-order valence-electron chi connectivity index (χ4n) is 5.10. The first-order chi connectivity index (χ1) is 17.4. The van der Waals surface area contributed by atoms with E-state index in [-0.39, 0.29) is 66.2 Å². The van der Waals surface area contributed by atoms with E-state index in [9.17, 15) is 14.4 Å². The van der Waals surface area contributed by atoms with E-state index < -0.39 is 6.10 Å². The predicted octanol–water partition coefficient (Wildman–Crippen LogP) is 2.88. The van der Waals surface area contributed by atoms with Gasteiger partial charge in [0.2, 0.25) is 11.8 Å². The first-order valence-corrected chi connectivity index (χ1v) is 13.2. The maximum Gasteiger partial charge on any atom is 0.303 e. The Balaban J connectivity index is 1.46. The van der Waals surface area contributed by atoms with Crippen molar-refractivity contribution in [1.82, 2.24) is 5.32 Å². The number of esters is 1. The molecule has 3 heterocycles. The van der Waals surface area contributed by atoms with Crippen LogP contribution in [0, 0.1) is 5.92 Å². The number of epoxide rings is 1. The van der Waals surface area contributed by atoms with Crippen LogP contribution in [0.2, 0.25) is 0 Å². The van der Waals surface area contributed by atoms with Crippen LogP contribution in [-0.4, -0.2) is 66.6 Å². The van der Waals surface area contributed by atoms with Gasteiger partial charge in [0, 0.05) is 25.8 Å². The number of primary amides is 1. The smallest absolute Gasteiger partial charge is 0.303 e. The molecule has 0 aromatic heterocycles. The van der Waals surface area contributed by atoms with Crippen LogP contribution < -0.4 is 11.1 Å². The van der Waals surface area contributed by atoms with Crippen molar-refractivity contribution in [2.45, 2.75) is 109 Å². The molecule has 0 aromatic rings. The zero-order chi connectivity index (χ0) is 27.2. The summed E-state index contributed by atoms with van der Waals surface area (Å²) >= 11 is 0. The van der Waals surface area contributed by atoms with E-state index >= 15 is 0 Å². The number of hydrogen-bond acceptors (Lipinski definition) is 7. The average molecular weight is 519 g/mol. The number of carbonyl (C=O) groups excluding carboxylic acids is 3. The quantitative estimate of drug-likeness (QED) is 0.197. The Hall–Kier alpha value is -2.49. The second kappa shape index (κ2) is 12.8. The van der Waals surface area contributed by atoms with Crippen molar-refractivity contribution in [2.75, 3.05) is 6.61 Å². The van der Waals surface area contributed by atoms with Crippen LogP contribution in [0.15, 0.2) is 36.0 Å². The molecular formula is C28H42N2O7. The van der Waals surface area contributed by atoms with Crippen LogP contribution in [0.25, 0.3) is 0 Å². The molecule has 0 aliphatic carbocycles. The summed E-state index contributed by atoms with van der Waals surface area (Å²) in [7, 11) is 0. The van der Waals surface area contributed by atoms with E-state index in [2.05, 4.69) is 24.4 Å². The molecule has 0 unspecified atom stereocenters. The second-order valence-corrected chi connectivity index (χ2v) is 10.8. The molecular weight excluding hydrogens is 476 g/mol. The van der Waals surface area contributed by atoms with Gasteiger partial charge in [0.15, 0.2) is 0 Å². The topological polar surface area (TPSA) is 129 Å². The van der Waals surface area contributed by atoms with E-state index in [0.717, 1.165) is 31.3 Å². The zero-order valence-corrected chi connectivity index (χ0v) is 22.6. The summed E-state index contributed by atoms with van der Waals surface area (Å²) in [5.74, 6) is -0.706. The Labute approximate surface area is 219 Å². The number of ether oxygens (including phenoxy) is 4. The molecule has 3 aliphatic rings. The molecule has 3 aliphatic heterocycles.